The molecule has 2 rings (SSSR count). The lowest BCUT2D eigenvalue weighted by atomic mass is 10.1. The molecule has 0 fully saturated rings. The molecule has 0 bridgehead atoms. The molecule has 112 valence electrons. The topological polar surface area (TPSA) is 34.1 Å². The average molecular weight is 305 g/mol. The van der Waals surface area contributed by atoms with Crippen molar-refractivity contribution < 1.29 is 4.74 Å². The summed E-state index contributed by atoms with van der Waals surface area (Å²) in [6.07, 6.45) is 1.79. The zero-order chi connectivity index (χ0) is 15.5. The Labute approximate surface area is 131 Å². The molecule has 21 heavy (non-hydrogen) atoms. The Hall–Kier alpha value is -1.58. The number of aromatic nitrogens is 1. The van der Waals surface area contributed by atoms with Crippen molar-refractivity contribution in [3.8, 4) is 11.6 Å². The van der Waals surface area contributed by atoms with Gasteiger partial charge in [-0.1, -0.05) is 23.7 Å². The van der Waals surface area contributed by atoms with Crippen molar-refractivity contribution in [3.05, 3.63) is 52.7 Å². The van der Waals surface area contributed by atoms with Crippen LogP contribution in [0.3, 0.4) is 0 Å². The third-order valence-electron chi connectivity index (χ3n) is 2.89. The van der Waals surface area contributed by atoms with Gasteiger partial charge < -0.3 is 10.1 Å². The lowest BCUT2D eigenvalue weighted by Crippen LogP contribution is -2.35. The van der Waals surface area contributed by atoms with E-state index in [2.05, 4.69) is 31.1 Å². The van der Waals surface area contributed by atoms with Gasteiger partial charge in [-0.2, -0.15) is 0 Å². The van der Waals surface area contributed by atoms with Gasteiger partial charge in [0.15, 0.2) is 0 Å². The van der Waals surface area contributed by atoms with Crippen LogP contribution in [0.25, 0.3) is 0 Å². The second kappa shape index (κ2) is 6.46. The number of rotatable bonds is 4. The first-order valence-corrected chi connectivity index (χ1v) is 7.35. The van der Waals surface area contributed by atoms with Crippen molar-refractivity contribution in [2.75, 3.05) is 0 Å². The molecule has 1 aromatic carbocycles. The van der Waals surface area contributed by atoms with Gasteiger partial charge in [0.2, 0.25) is 5.88 Å². The molecule has 0 aliphatic carbocycles. The lowest BCUT2D eigenvalue weighted by molar-refractivity contribution is 0.423. The van der Waals surface area contributed by atoms with Gasteiger partial charge in [0.05, 0.1) is 0 Å². The third-order valence-corrected chi connectivity index (χ3v) is 3.16. The van der Waals surface area contributed by atoms with Crippen LogP contribution in [0, 0.1) is 6.92 Å². The molecule has 0 spiro atoms. The van der Waals surface area contributed by atoms with Crippen molar-refractivity contribution in [2.24, 2.45) is 0 Å². The molecule has 0 amide bonds. The van der Waals surface area contributed by atoms with Crippen LogP contribution in [-0.2, 0) is 6.54 Å². The predicted molar refractivity (Wildman–Crippen MR) is 87.1 cm³/mol. The van der Waals surface area contributed by atoms with Gasteiger partial charge in [-0.05, 0) is 57.0 Å². The summed E-state index contributed by atoms with van der Waals surface area (Å²) in [6, 6.07) is 9.69. The van der Waals surface area contributed by atoms with Gasteiger partial charge in [-0.25, -0.2) is 4.98 Å². The summed E-state index contributed by atoms with van der Waals surface area (Å²) in [5.41, 5.74) is 2.23. The lowest BCUT2D eigenvalue weighted by Gasteiger charge is -2.20. The Bertz CT molecular complexity index is 620. The summed E-state index contributed by atoms with van der Waals surface area (Å²) >= 11 is 6.25. The zero-order valence-corrected chi connectivity index (χ0v) is 13.7. The van der Waals surface area contributed by atoms with Crippen LogP contribution in [0.4, 0.5) is 0 Å². The molecule has 1 heterocycles. The molecule has 4 heteroatoms. The van der Waals surface area contributed by atoms with Crippen molar-refractivity contribution >= 4 is 11.6 Å². The highest BCUT2D eigenvalue weighted by molar-refractivity contribution is 6.31. The van der Waals surface area contributed by atoms with E-state index >= 15 is 0 Å². The summed E-state index contributed by atoms with van der Waals surface area (Å²) in [5.74, 6) is 1.17. The molecule has 0 saturated heterocycles. The van der Waals surface area contributed by atoms with Gasteiger partial charge in [0, 0.05) is 18.3 Å². The maximum atomic E-state index is 6.25. The van der Waals surface area contributed by atoms with Crippen LogP contribution in [0.15, 0.2) is 36.5 Å². The number of pyridine rings is 1. The molecular formula is C17H21ClN2O. The summed E-state index contributed by atoms with van der Waals surface area (Å²) in [4.78, 5) is 4.31. The predicted octanol–water partition coefficient (Wildman–Crippen LogP) is 4.72. The maximum Gasteiger partial charge on any atom is 0.238 e. The van der Waals surface area contributed by atoms with E-state index in [-0.39, 0.29) is 5.54 Å². The molecule has 1 aromatic heterocycles. The van der Waals surface area contributed by atoms with Crippen LogP contribution >= 0.6 is 11.6 Å². The molecular weight excluding hydrogens is 284 g/mol. The Morgan fingerprint density at radius 2 is 2.00 bits per heavy atom. The molecule has 2 aromatic rings. The normalized spacial score (nSPS) is 11.5. The van der Waals surface area contributed by atoms with Gasteiger partial charge in [0.25, 0.3) is 0 Å². The van der Waals surface area contributed by atoms with Gasteiger partial charge in [-0.3, -0.25) is 0 Å². The first kappa shape index (κ1) is 15.8. The minimum Gasteiger partial charge on any atom is -0.438 e. The second-order valence-electron chi connectivity index (χ2n) is 6.15. The highest BCUT2D eigenvalue weighted by Crippen LogP contribution is 2.28. The fourth-order valence-corrected chi connectivity index (χ4v) is 2.02. The molecule has 0 aliphatic heterocycles. The highest BCUT2D eigenvalue weighted by atomic mass is 35.5. The second-order valence-corrected chi connectivity index (χ2v) is 6.56. The maximum absolute atomic E-state index is 6.25. The van der Waals surface area contributed by atoms with Gasteiger partial charge in [0.1, 0.15) is 10.8 Å². The van der Waals surface area contributed by atoms with E-state index in [0.717, 1.165) is 23.4 Å². The van der Waals surface area contributed by atoms with Crippen LogP contribution in [0.2, 0.25) is 5.02 Å². The quantitative estimate of drug-likeness (QED) is 0.887. The number of aryl methyl sites for hydroxylation is 1. The largest absolute Gasteiger partial charge is 0.438 e. The summed E-state index contributed by atoms with van der Waals surface area (Å²) in [7, 11) is 0. The number of benzene rings is 1. The Morgan fingerprint density at radius 1 is 1.24 bits per heavy atom. The van der Waals surface area contributed by atoms with Crippen LogP contribution in [-0.4, -0.2) is 10.5 Å². The van der Waals surface area contributed by atoms with Crippen molar-refractivity contribution in [3.63, 3.8) is 0 Å². The Kier molecular flexibility index (Phi) is 4.86. The molecule has 0 atom stereocenters. The highest BCUT2D eigenvalue weighted by Gasteiger charge is 2.11. The van der Waals surface area contributed by atoms with Crippen molar-refractivity contribution in [2.45, 2.75) is 39.8 Å². The fourth-order valence-electron chi connectivity index (χ4n) is 1.79. The number of hydrogen-bond acceptors (Lipinski definition) is 3. The molecule has 3 nitrogen and oxygen atoms in total. The van der Waals surface area contributed by atoms with E-state index in [1.54, 1.807) is 6.20 Å². The van der Waals surface area contributed by atoms with Crippen LogP contribution < -0.4 is 10.1 Å². The van der Waals surface area contributed by atoms with E-state index in [1.807, 2.05) is 37.3 Å². The van der Waals surface area contributed by atoms with Crippen LogP contribution in [0.1, 0.15) is 31.9 Å². The molecule has 0 unspecified atom stereocenters. The van der Waals surface area contributed by atoms with Gasteiger partial charge in [-0.15, -0.1) is 0 Å². The third kappa shape index (κ3) is 5.03. The van der Waals surface area contributed by atoms with Crippen molar-refractivity contribution in [1.82, 2.24) is 10.3 Å². The first-order valence-electron chi connectivity index (χ1n) is 6.97. The minimum absolute atomic E-state index is 0.0587. The summed E-state index contributed by atoms with van der Waals surface area (Å²) in [6.45, 7) is 9.11. The minimum atomic E-state index is 0.0587. The fraction of sp³-hybridized carbons (Fsp3) is 0.353. The Balaban J connectivity index is 2.09. The summed E-state index contributed by atoms with van der Waals surface area (Å²) in [5, 5.41) is 3.92. The molecule has 0 saturated carbocycles. The number of nitrogens with zero attached hydrogens (tertiary/aromatic N) is 1. The average Bonchev–Trinajstić information content (AvgIpc) is 2.38. The van der Waals surface area contributed by atoms with Crippen LogP contribution in [0.5, 0.6) is 11.6 Å². The van der Waals surface area contributed by atoms with E-state index in [9.17, 15) is 0 Å². The molecule has 1 N–H and O–H groups in total. The monoisotopic (exact) mass is 304 g/mol. The van der Waals surface area contributed by atoms with E-state index in [0.29, 0.717) is 10.9 Å². The van der Waals surface area contributed by atoms with E-state index < -0.39 is 0 Å². The van der Waals surface area contributed by atoms with E-state index in [4.69, 9.17) is 16.3 Å². The number of halogens is 1. The standard InChI is InChI=1S/C17H21ClN2O/c1-12-6-5-7-14(8-12)21-16-15(18)9-13(10-19-16)11-20-17(2,3)4/h5-10,20H,11H2,1-4H3. The number of ether oxygens (including phenoxy) is 1. The smallest absolute Gasteiger partial charge is 0.238 e. The summed E-state index contributed by atoms with van der Waals surface area (Å²) < 4.78 is 5.73. The van der Waals surface area contributed by atoms with Crippen molar-refractivity contribution in [1.29, 1.82) is 0 Å². The van der Waals surface area contributed by atoms with E-state index in [1.165, 1.54) is 0 Å². The number of nitrogens with one attached hydrogen (secondary N) is 1. The zero-order valence-electron chi connectivity index (χ0n) is 12.9. The molecule has 0 aliphatic rings. The molecule has 0 radical (unpaired) electrons. The SMILES string of the molecule is Cc1cccc(Oc2ncc(CNC(C)(C)C)cc2Cl)c1. The first-order chi connectivity index (χ1) is 9.83. The number of hydrogen-bond donors (Lipinski definition) is 1. The Morgan fingerprint density at radius 3 is 2.62 bits per heavy atom. The van der Waals surface area contributed by atoms with Gasteiger partial charge >= 0.3 is 0 Å².